The largest absolute Gasteiger partial charge is 0.325 e. The monoisotopic (exact) mass is 490 g/mol. The van der Waals surface area contributed by atoms with Gasteiger partial charge in [0.05, 0.1) is 10.6 Å². The highest BCUT2D eigenvalue weighted by Crippen LogP contribution is 2.29. The van der Waals surface area contributed by atoms with E-state index in [2.05, 4.69) is 21.2 Å². The van der Waals surface area contributed by atoms with Crippen LogP contribution in [-0.4, -0.2) is 31.7 Å². The molecule has 1 heterocycles. The predicted octanol–water partition coefficient (Wildman–Crippen LogP) is 4.68. The maximum absolute atomic E-state index is 13.1. The lowest BCUT2D eigenvalue weighted by atomic mass is 9.92. The maximum Gasteiger partial charge on any atom is 0.243 e. The zero-order chi connectivity index (χ0) is 21.3. The van der Waals surface area contributed by atoms with Crippen LogP contribution in [0.1, 0.15) is 42.4 Å². The molecule has 2 aromatic carbocycles. The molecule has 0 aromatic heterocycles. The number of carbonyl (C=O) groups excluding carboxylic acids is 1. The summed E-state index contributed by atoms with van der Waals surface area (Å²) < 4.78 is 28.7. The lowest BCUT2D eigenvalue weighted by Gasteiger charge is -2.31. The Morgan fingerprint density at radius 2 is 1.73 bits per heavy atom. The molecular formula is C23H27BrN2O3S. The third-order valence-electron chi connectivity index (χ3n) is 6.16. The van der Waals surface area contributed by atoms with Gasteiger partial charge in [0.2, 0.25) is 15.9 Å². The van der Waals surface area contributed by atoms with E-state index in [1.54, 1.807) is 6.07 Å². The summed E-state index contributed by atoms with van der Waals surface area (Å²) in [6.45, 7) is 2.73. The van der Waals surface area contributed by atoms with Crippen molar-refractivity contribution in [3.63, 3.8) is 0 Å². The van der Waals surface area contributed by atoms with Gasteiger partial charge in [-0.05, 0) is 102 Å². The molecule has 2 aliphatic rings. The first-order valence-electron chi connectivity index (χ1n) is 10.5. The molecule has 7 heteroatoms. The van der Waals surface area contributed by atoms with Gasteiger partial charge >= 0.3 is 0 Å². The number of hydrogen-bond acceptors (Lipinski definition) is 3. The fraction of sp³-hybridized carbons (Fsp3) is 0.435. The lowest BCUT2D eigenvalue weighted by Crippen LogP contribution is -2.41. The standard InChI is InChI=1S/C23H27BrN2O3S/c1-16-6-9-22(21(24)14-16)25-23(27)18-10-12-26(13-11-18)30(28,29)20-8-7-17-4-2-3-5-19(17)15-20/h6-9,14-15,18H,2-5,10-13H2,1H3,(H,25,27). The van der Waals surface area contributed by atoms with Crippen LogP contribution in [0.25, 0.3) is 0 Å². The number of rotatable bonds is 4. The van der Waals surface area contributed by atoms with E-state index in [4.69, 9.17) is 0 Å². The SMILES string of the molecule is Cc1ccc(NC(=O)C2CCN(S(=O)(=O)c3ccc4c(c3)CCCC4)CC2)c(Br)c1. The first-order chi connectivity index (χ1) is 14.3. The van der Waals surface area contributed by atoms with E-state index in [9.17, 15) is 13.2 Å². The Labute approximate surface area is 187 Å². The second-order valence-electron chi connectivity index (χ2n) is 8.29. The van der Waals surface area contributed by atoms with Gasteiger partial charge in [0.15, 0.2) is 0 Å². The van der Waals surface area contributed by atoms with Crippen molar-refractivity contribution in [2.24, 2.45) is 5.92 Å². The molecule has 0 radical (unpaired) electrons. The molecule has 0 bridgehead atoms. The topological polar surface area (TPSA) is 66.5 Å². The molecule has 0 atom stereocenters. The number of anilines is 1. The number of nitrogens with zero attached hydrogens (tertiary/aromatic N) is 1. The molecule has 2 aromatic rings. The minimum Gasteiger partial charge on any atom is -0.325 e. The average molecular weight is 491 g/mol. The van der Waals surface area contributed by atoms with Gasteiger partial charge in [-0.25, -0.2) is 8.42 Å². The molecule has 160 valence electrons. The van der Waals surface area contributed by atoms with E-state index < -0.39 is 10.0 Å². The number of amides is 1. The van der Waals surface area contributed by atoms with E-state index in [0.717, 1.165) is 35.0 Å². The minimum absolute atomic E-state index is 0.0506. The highest BCUT2D eigenvalue weighted by atomic mass is 79.9. The number of aryl methyl sites for hydroxylation is 3. The molecule has 4 rings (SSSR count). The van der Waals surface area contributed by atoms with Crippen molar-refractivity contribution in [1.29, 1.82) is 0 Å². The molecular weight excluding hydrogens is 464 g/mol. The van der Waals surface area contributed by atoms with Crippen LogP contribution in [0.15, 0.2) is 45.8 Å². The van der Waals surface area contributed by atoms with Gasteiger partial charge in [-0.1, -0.05) is 12.1 Å². The molecule has 1 amide bonds. The van der Waals surface area contributed by atoms with Gasteiger partial charge in [0.1, 0.15) is 0 Å². The van der Waals surface area contributed by atoms with Gasteiger partial charge in [0.25, 0.3) is 0 Å². The fourth-order valence-electron chi connectivity index (χ4n) is 4.33. The van der Waals surface area contributed by atoms with E-state index in [-0.39, 0.29) is 11.8 Å². The Morgan fingerprint density at radius 1 is 1.03 bits per heavy atom. The molecule has 0 unspecified atom stereocenters. The second kappa shape index (κ2) is 8.81. The summed E-state index contributed by atoms with van der Waals surface area (Å²) in [6, 6.07) is 11.4. The Bertz CT molecular complexity index is 1060. The molecule has 0 saturated carbocycles. The van der Waals surface area contributed by atoms with Crippen LogP contribution in [0, 0.1) is 12.8 Å². The Hall–Kier alpha value is -1.70. The zero-order valence-electron chi connectivity index (χ0n) is 17.2. The number of benzene rings is 2. The van der Waals surface area contributed by atoms with Gasteiger partial charge in [-0.15, -0.1) is 0 Å². The normalized spacial score (nSPS) is 18.1. The van der Waals surface area contributed by atoms with Gasteiger partial charge in [0, 0.05) is 23.5 Å². The van der Waals surface area contributed by atoms with Crippen LogP contribution in [-0.2, 0) is 27.7 Å². The highest BCUT2D eigenvalue weighted by molar-refractivity contribution is 9.10. The molecule has 1 saturated heterocycles. The van der Waals surface area contributed by atoms with Crippen LogP contribution in [0.5, 0.6) is 0 Å². The number of piperidine rings is 1. The number of fused-ring (bicyclic) bond motifs is 1. The van der Waals surface area contributed by atoms with Crippen LogP contribution in [0.4, 0.5) is 5.69 Å². The van der Waals surface area contributed by atoms with Crippen LogP contribution < -0.4 is 5.32 Å². The van der Waals surface area contributed by atoms with E-state index in [0.29, 0.717) is 30.8 Å². The maximum atomic E-state index is 13.1. The average Bonchev–Trinajstić information content (AvgIpc) is 2.75. The van der Waals surface area contributed by atoms with Gasteiger partial charge in [-0.3, -0.25) is 4.79 Å². The Balaban J connectivity index is 1.40. The van der Waals surface area contributed by atoms with Crippen molar-refractivity contribution in [2.75, 3.05) is 18.4 Å². The Kier molecular flexibility index (Phi) is 6.32. The van der Waals surface area contributed by atoms with Crippen molar-refractivity contribution in [2.45, 2.75) is 50.3 Å². The number of nitrogens with one attached hydrogen (secondary N) is 1. The number of hydrogen-bond donors (Lipinski definition) is 1. The number of sulfonamides is 1. The predicted molar refractivity (Wildman–Crippen MR) is 122 cm³/mol. The lowest BCUT2D eigenvalue weighted by molar-refractivity contribution is -0.120. The number of carbonyl (C=O) groups is 1. The van der Waals surface area contributed by atoms with Crippen LogP contribution >= 0.6 is 15.9 Å². The highest BCUT2D eigenvalue weighted by Gasteiger charge is 2.32. The summed E-state index contributed by atoms with van der Waals surface area (Å²) in [5.74, 6) is -0.237. The molecule has 30 heavy (non-hydrogen) atoms. The summed E-state index contributed by atoms with van der Waals surface area (Å²) in [4.78, 5) is 13.1. The quantitative estimate of drug-likeness (QED) is 0.676. The molecule has 1 fully saturated rings. The fourth-order valence-corrected chi connectivity index (χ4v) is 6.45. The Morgan fingerprint density at radius 3 is 2.43 bits per heavy atom. The summed E-state index contributed by atoms with van der Waals surface area (Å²) in [6.07, 6.45) is 5.34. The van der Waals surface area contributed by atoms with Crippen molar-refractivity contribution in [3.05, 3.63) is 57.6 Å². The molecule has 0 spiro atoms. The van der Waals surface area contributed by atoms with Crippen molar-refractivity contribution >= 4 is 37.5 Å². The minimum atomic E-state index is -3.52. The zero-order valence-corrected chi connectivity index (χ0v) is 19.6. The molecule has 5 nitrogen and oxygen atoms in total. The van der Waals surface area contributed by atoms with Crippen molar-refractivity contribution in [1.82, 2.24) is 4.31 Å². The summed E-state index contributed by atoms with van der Waals surface area (Å²) in [5, 5.41) is 2.97. The number of halogens is 1. The summed E-state index contributed by atoms with van der Waals surface area (Å²) in [5.41, 5.74) is 4.30. The summed E-state index contributed by atoms with van der Waals surface area (Å²) in [7, 11) is -3.52. The van der Waals surface area contributed by atoms with Crippen LogP contribution in [0.2, 0.25) is 0 Å². The van der Waals surface area contributed by atoms with Gasteiger partial charge < -0.3 is 5.32 Å². The van der Waals surface area contributed by atoms with Crippen LogP contribution in [0.3, 0.4) is 0 Å². The first kappa shape index (κ1) is 21.5. The summed E-state index contributed by atoms with van der Waals surface area (Å²) >= 11 is 3.48. The molecule has 1 aliphatic carbocycles. The van der Waals surface area contributed by atoms with E-state index in [1.165, 1.54) is 21.9 Å². The smallest absolute Gasteiger partial charge is 0.243 e. The third kappa shape index (κ3) is 4.48. The van der Waals surface area contributed by atoms with E-state index in [1.807, 2.05) is 37.3 Å². The van der Waals surface area contributed by atoms with Gasteiger partial charge in [-0.2, -0.15) is 4.31 Å². The first-order valence-corrected chi connectivity index (χ1v) is 12.8. The second-order valence-corrected chi connectivity index (χ2v) is 11.1. The molecule has 1 aliphatic heterocycles. The van der Waals surface area contributed by atoms with Crippen molar-refractivity contribution < 1.29 is 13.2 Å². The van der Waals surface area contributed by atoms with Crippen molar-refractivity contribution in [3.8, 4) is 0 Å². The van der Waals surface area contributed by atoms with E-state index >= 15 is 0 Å². The molecule has 1 N–H and O–H groups in total. The third-order valence-corrected chi connectivity index (χ3v) is 8.72.